The van der Waals surface area contributed by atoms with Crippen molar-refractivity contribution >= 4 is 19.8 Å². The van der Waals surface area contributed by atoms with E-state index in [1.54, 1.807) is 0 Å². The SMILES string of the molecule is CCCCCC=CCC=CCC=CCCCCCCC(=O)OC[C@H](COP(=O)(O)OC1C(O)C(O)C(O)[C@@H](O)C1O)OC(=O)CCCCCCCCCC=CCCCCCC. The quantitative estimate of drug-likeness (QED) is 0.0148. The van der Waals surface area contributed by atoms with Crippen molar-refractivity contribution in [2.24, 2.45) is 0 Å². The van der Waals surface area contributed by atoms with Crippen molar-refractivity contribution in [3.8, 4) is 0 Å². The molecule has 1 aliphatic rings. The number of allylic oxidation sites excluding steroid dienone is 8. The van der Waals surface area contributed by atoms with Gasteiger partial charge in [-0.05, 0) is 77.0 Å². The summed E-state index contributed by atoms with van der Waals surface area (Å²) in [5, 5.41) is 50.1. The molecule has 0 amide bonds. The van der Waals surface area contributed by atoms with Gasteiger partial charge in [-0.2, -0.15) is 0 Å². The van der Waals surface area contributed by atoms with E-state index in [1.807, 2.05) is 0 Å². The summed E-state index contributed by atoms with van der Waals surface area (Å²) in [7, 11) is -5.12. The third kappa shape index (κ3) is 29.7. The molecular formula is C47H83O13P. The van der Waals surface area contributed by atoms with E-state index in [1.165, 1.54) is 51.4 Å². The lowest BCUT2D eigenvalue weighted by molar-refractivity contribution is -0.220. The van der Waals surface area contributed by atoms with Crippen molar-refractivity contribution in [2.45, 2.75) is 224 Å². The van der Waals surface area contributed by atoms with Gasteiger partial charge in [-0.1, -0.05) is 140 Å². The maximum absolute atomic E-state index is 12.8. The highest BCUT2D eigenvalue weighted by Gasteiger charge is 2.51. The third-order valence-corrected chi connectivity index (χ3v) is 11.6. The molecule has 0 aromatic heterocycles. The Bertz CT molecular complexity index is 1250. The van der Waals surface area contributed by atoms with Gasteiger partial charge in [-0.25, -0.2) is 4.57 Å². The van der Waals surface area contributed by atoms with Gasteiger partial charge in [0.25, 0.3) is 0 Å². The van der Waals surface area contributed by atoms with Crippen LogP contribution in [0.4, 0.5) is 0 Å². The van der Waals surface area contributed by atoms with Crippen LogP contribution < -0.4 is 0 Å². The second-order valence-corrected chi connectivity index (χ2v) is 17.7. The molecule has 354 valence electrons. The molecule has 1 rings (SSSR count). The molecule has 0 aromatic rings. The largest absolute Gasteiger partial charge is 0.472 e. The Hall–Kier alpha value is -2.19. The average Bonchev–Trinajstić information content (AvgIpc) is 3.24. The van der Waals surface area contributed by atoms with Crippen molar-refractivity contribution in [1.29, 1.82) is 0 Å². The van der Waals surface area contributed by atoms with E-state index in [2.05, 4.69) is 62.5 Å². The van der Waals surface area contributed by atoms with Crippen LogP contribution in [0.15, 0.2) is 48.6 Å². The molecule has 8 atom stereocenters. The predicted molar refractivity (Wildman–Crippen MR) is 239 cm³/mol. The summed E-state index contributed by atoms with van der Waals surface area (Å²) in [5.41, 5.74) is 0. The van der Waals surface area contributed by atoms with Crippen LogP contribution in [0.3, 0.4) is 0 Å². The molecule has 1 fully saturated rings. The number of hydrogen-bond acceptors (Lipinski definition) is 12. The number of aliphatic hydroxyl groups is 5. The summed E-state index contributed by atoms with van der Waals surface area (Å²) in [5.74, 6) is -1.13. The van der Waals surface area contributed by atoms with Crippen LogP contribution >= 0.6 is 7.82 Å². The molecule has 14 heteroatoms. The lowest BCUT2D eigenvalue weighted by Gasteiger charge is -2.41. The molecule has 61 heavy (non-hydrogen) atoms. The Kier molecular flexibility index (Phi) is 34.7. The number of phosphoric ester groups is 1. The summed E-state index contributed by atoms with van der Waals surface area (Å²) < 4.78 is 33.5. The van der Waals surface area contributed by atoms with Gasteiger partial charge in [-0.15, -0.1) is 0 Å². The van der Waals surface area contributed by atoms with Crippen molar-refractivity contribution in [3.05, 3.63) is 48.6 Å². The van der Waals surface area contributed by atoms with Crippen molar-refractivity contribution in [3.63, 3.8) is 0 Å². The summed E-state index contributed by atoms with van der Waals surface area (Å²) in [6.45, 7) is 3.23. The first-order chi connectivity index (χ1) is 29.4. The van der Waals surface area contributed by atoms with E-state index >= 15 is 0 Å². The normalized spacial score (nSPS) is 22.4. The van der Waals surface area contributed by atoms with E-state index < -0.39 is 75.7 Å². The van der Waals surface area contributed by atoms with Gasteiger partial charge in [0.05, 0.1) is 6.61 Å². The molecule has 0 aliphatic heterocycles. The van der Waals surface area contributed by atoms with Crippen LogP contribution in [0.25, 0.3) is 0 Å². The summed E-state index contributed by atoms with van der Waals surface area (Å²) in [6, 6.07) is 0. The first-order valence-electron chi connectivity index (χ1n) is 23.4. The molecule has 13 nitrogen and oxygen atoms in total. The zero-order valence-electron chi connectivity index (χ0n) is 37.4. The molecular weight excluding hydrogens is 803 g/mol. The van der Waals surface area contributed by atoms with Crippen LogP contribution in [0.1, 0.15) is 181 Å². The summed E-state index contributed by atoms with van der Waals surface area (Å²) in [4.78, 5) is 35.7. The molecule has 0 bridgehead atoms. The fourth-order valence-electron chi connectivity index (χ4n) is 6.82. The topological polar surface area (TPSA) is 210 Å². The lowest BCUT2D eigenvalue weighted by Crippen LogP contribution is -2.64. The highest BCUT2D eigenvalue weighted by atomic mass is 31.2. The molecule has 0 aromatic carbocycles. The molecule has 0 radical (unpaired) electrons. The standard InChI is InChI=1S/C47H83O13P/c1-3-5-7-9-11-13-15-17-19-20-22-23-25-27-29-31-33-35-40(48)57-37-39(38-58-61(55,56)60-47-45(53)43(51)42(50)44(52)46(47)54)59-41(49)36-34-32-30-28-26-24-21-18-16-14-12-10-8-6-4-2/h11,13-14,16-17,19,22-23,39,42-47,50-54H,3-10,12,15,18,20-21,24-38H2,1-2H3,(H,55,56)/t39-,42?,43-,44?,45?,46?,47?/m1/s1. The van der Waals surface area contributed by atoms with Crippen LogP contribution in [0, 0.1) is 0 Å². The number of carbonyl (C=O) groups is 2. The molecule has 6 N–H and O–H groups in total. The summed E-state index contributed by atoms with van der Waals surface area (Å²) >= 11 is 0. The molecule has 1 saturated carbocycles. The minimum atomic E-state index is -5.12. The Balaban J connectivity index is 2.48. The summed E-state index contributed by atoms with van der Waals surface area (Å²) in [6.07, 6.45) is 30.1. The fourth-order valence-corrected chi connectivity index (χ4v) is 7.79. The van der Waals surface area contributed by atoms with Crippen LogP contribution in [-0.2, 0) is 32.7 Å². The van der Waals surface area contributed by atoms with Crippen molar-refractivity contribution in [1.82, 2.24) is 0 Å². The van der Waals surface area contributed by atoms with Gasteiger partial charge in [0.15, 0.2) is 6.10 Å². The van der Waals surface area contributed by atoms with Crippen molar-refractivity contribution in [2.75, 3.05) is 13.2 Å². The Morgan fingerprint density at radius 2 is 0.885 bits per heavy atom. The number of aliphatic hydroxyl groups excluding tert-OH is 5. The van der Waals surface area contributed by atoms with Gasteiger partial charge in [0, 0.05) is 12.8 Å². The minimum Gasteiger partial charge on any atom is -0.462 e. The smallest absolute Gasteiger partial charge is 0.462 e. The highest BCUT2D eigenvalue weighted by Crippen LogP contribution is 2.47. The van der Waals surface area contributed by atoms with Gasteiger partial charge in [0.2, 0.25) is 0 Å². The van der Waals surface area contributed by atoms with Crippen LogP contribution in [-0.4, -0.2) is 98.3 Å². The highest BCUT2D eigenvalue weighted by molar-refractivity contribution is 7.47. The first kappa shape index (κ1) is 56.8. The predicted octanol–water partition coefficient (Wildman–Crippen LogP) is 9.17. The fraction of sp³-hybridized carbons (Fsp3) is 0.787. The molecule has 0 saturated heterocycles. The number of carbonyl (C=O) groups excluding carboxylic acids is 2. The van der Waals surface area contributed by atoms with Gasteiger partial charge in [0.1, 0.15) is 43.2 Å². The van der Waals surface area contributed by atoms with E-state index in [0.717, 1.165) is 89.9 Å². The second-order valence-electron chi connectivity index (χ2n) is 16.3. The Morgan fingerprint density at radius 3 is 1.39 bits per heavy atom. The first-order valence-corrected chi connectivity index (χ1v) is 24.9. The van der Waals surface area contributed by atoms with Gasteiger partial charge < -0.3 is 39.9 Å². The monoisotopic (exact) mass is 887 g/mol. The van der Waals surface area contributed by atoms with Crippen LogP contribution in [0.5, 0.6) is 0 Å². The third-order valence-electron chi connectivity index (χ3n) is 10.6. The van der Waals surface area contributed by atoms with E-state index in [9.17, 15) is 44.6 Å². The van der Waals surface area contributed by atoms with Crippen molar-refractivity contribution < 1.29 is 63.1 Å². The maximum atomic E-state index is 12.8. The molecule has 6 unspecified atom stereocenters. The van der Waals surface area contributed by atoms with Crippen LogP contribution in [0.2, 0.25) is 0 Å². The zero-order valence-corrected chi connectivity index (χ0v) is 38.3. The number of rotatable bonds is 38. The molecule has 0 spiro atoms. The number of hydrogen-bond donors (Lipinski definition) is 6. The Morgan fingerprint density at radius 1 is 0.508 bits per heavy atom. The second kappa shape index (κ2) is 37.2. The molecule has 0 heterocycles. The number of unbranched alkanes of at least 4 members (excludes halogenated alkanes) is 18. The van der Waals surface area contributed by atoms with E-state index in [4.69, 9.17) is 18.5 Å². The molecule has 1 aliphatic carbocycles. The maximum Gasteiger partial charge on any atom is 0.472 e. The number of esters is 2. The van der Waals surface area contributed by atoms with E-state index in [0.29, 0.717) is 12.8 Å². The lowest BCUT2D eigenvalue weighted by atomic mass is 9.85. The van der Waals surface area contributed by atoms with Gasteiger partial charge in [-0.3, -0.25) is 18.6 Å². The van der Waals surface area contributed by atoms with E-state index in [-0.39, 0.29) is 12.8 Å². The average molecular weight is 887 g/mol. The number of phosphoric acid groups is 1. The zero-order chi connectivity index (χ0) is 45.0. The number of ether oxygens (including phenoxy) is 2. The minimum absolute atomic E-state index is 0.0854. The Labute approximate surface area is 367 Å². The van der Waals surface area contributed by atoms with Gasteiger partial charge >= 0.3 is 19.8 Å².